The van der Waals surface area contributed by atoms with E-state index >= 15 is 0 Å². The van der Waals surface area contributed by atoms with Gasteiger partial charge in [-0.2, -0.15) is 0 Å². The summed E-state index contributed by atoms with van der Waals surface area (Å²) in [6, 6.07) is 12.1. The minimum atomic E-state index is -1.04. The second kappa shape index (κ2) is 17.5. The summed E-state index contributed by atoms with van der Waals surface area (Å²) < 4.78 is 40.1. The molecule has 2 aromatic carbocycles. The number of ether oxygens (including phenoxy) is 2. The molecule has 6 rings (SSSR count). The van der Waals surface area contributed by atoms with Gasteiger partial charge in [0.05, 0.1) is 28.9 Å². The van der Waals surface area contributed by atoms with Crippen molar-refractivity contribution < 1.29 is 22.9 Å². The number of benzene rings is 2. The second-order valence-corrected chi connectivity index (χ2v) is 17.5. The van der Waals surface area contributed by atoms with Crippen LogP contribution in [0.15, 0.2) is 60.5 Å². The molecule has 2 heterocycles. The Morgan fingerprint density at radius 1 is 1.24 bits per heavy atom. The van der Waals surface area contributed by atoms with E-state index in [9.17, 15) is 13.4 Å². The highest BCUT2D eigenvalue weighted by atomic mass is 35.5. The maximum absolute atomic E-state index is 12.3. The Hall–Kier alpha value is -2.56. The Balaban J connectivity index is 0.000000556. The van der Waals surface area contributed by atoms with Gasteiger partial charge in [0.1, 0.15) is 17.9 Å². The molecule has 1 N–H and O–H groups in total. The smallest absolute Gasteiger partial charge is 0.150 e. The van der Waals surface area contributed by atoms with Gasteiger partial charge in [-0.1, -0.05) is 42.8 Å². The number of fused-ring (bicyclic) bond motifs is 3. The molecule has 4 aliphatic rings. The van der Waals surface area contributed by atoms with E-state index in [0.29, 0.717) is 30.6 Å². The highest BCUT2D eigenvalue weighted by molar-refractivity contribution is 7.83. The normalized spacial score (nSPS) is 26.2. The van der Waals surface area contributed by atoms with E-state index in [4.69, 9.17) is 21.1 Å². The van der Waals surface area contributed by atoms with Crippen LogP contribution in [0, 0.1) is 17.8 Å². The van der Waals surface area contributed by atoms with Crippen LogP contribution < -0.4 is 14.4 Å². The van der Waals surface area contributed by atoms with Crippen LogP contribution in [0.25, 0.3) is 0 Å². The lowest BCUT2D eigenvalue weighted by Crippen LogP contribution is -2.52. The van der Waals surface area contributed by atoms with Crippen LogP contribution in [0.3, 0.4) is 0 Å². The number of likely N-dealkylation sites (N-methyl/N-ethyl adjacent to an activating group) is 1. The summed E-state index contributed by atoms with van der Waals surface area (Å²) in [7, 11) is 4.44. The highest BCUT2D eigenvalue weighted by Gasteiger charge is 2.47. The van der Waals surface area contributed by atoms with E-state index in [0.717, 1.165) is 87.3 Å². The molecule has 0 bridgehead atoms. The van der Waals surface area contributed by atoms with Gasteiger partial charge in [0.15, 0.2) is 0 Å². The first-order valence-corrected chi connectivity index (χ1v) is 20.1. The number of nitrogens with one attached hydrogen (secondary N) is 1. The number of methoxy groups -OCH3 is 1. The van der Waals surface area contributed by atoms with Gasteiger partial charge in [-0.15, -0.1) is 0 Å². The zero-order chi connectivity index (χ0) is 36.8. The van der Waals surface area contributed by atoms with E-state index in [2.05, 4.69) is 47.8 Å². The van der Waals surface area contributed by atoms with Crippen molar-refractivity contribution in [1.29, 1.82) is 0 Å². The van der Waals surface area contributed by atoms with Crippen LogP contribution >= 0.6 is 11.6 Å². The molecule has 7 atom stereocenters. The van der Waals surface area contributed by atoms with E-state index in [-0.39, 0.29) is 22.4 Å². The first-order valence-electron chi connectivity index (χ1n) is 18.5. The van der Waals surface area contributed by atoms with Crippen LogP contribution in [0.5, 0.6) is 5.75 Å². The minimum Gasteiger partial charge on any atom is -0.490 e. The monoisotopic (exact) mass is 741 g/mol. The van der Waals surface area contributed by atoms with Crippen molar-refractivity contribution in [3.8, 4) is 5.75 Å². The van der Waals surface area contributed by atoms with Gasteiger partial charge in [0, 0.05) is 54.5 Å². The minimum absolute atomic E-state index is 0.0127. The first kappa shape index (κ1) is 39.6. The molecule has 0 aromatic heterocycles. The fraction of sp³-hybridized carbons (Fsp3) is 0.585. The number of anilines is 1. The summed E-state index contributed by atoms with van der Waals surface area (Å²) in [4.78, 5) is 16.3. The molecule has 2 aliphatic carbocycles. The molecule has 1 saturated carbocycles. The lowest BCUT2D eigenvalue weighted by atomic mass is 9.64. The average Bonchev–Trinajstić information content (AvgIpc) is 3.26. The third kappa shape index (κ3) is 9.33. The van der Waals surface area contributed by atoms with Crippen molar-refractivity contribution in [2.45, 2.75) is 82.0 Å². The van der Waals surface area contributed by atoms with Crippen molar-refractivity contribution in [2.24, 2.45) is 17.8 Å². The van der Waals surface area contributed by atoms with Crippen molar-refractivity contribution in [3.63, 3.8) is 0 Å². The average molecular weight is 742 g/mol. The largest absolute Gasteiger partial charge is 0.490 e. The van der Waals surface area contributed by atoms with Crippen molar-refractivity contribution in [1.82, 2.24) is 9.62 Å². The molecule has 1 fully saturated rings. The quantitative estimate of drug-likeness (QED) is 0.186. The summed E-state index contributed by atoms with van der Waals surface area (Å²) >= 11 is 6.42. The number of carbonyl (C=O) groups excluding carboxylic acids is 1. The van der Waals surface area contributed by atoms with Gasteiger partial charge < -0.3 is 14.4 Å². The van der Waals surface area contributed by atoms with E-state index in [1.807, 2.05) is 50.2 Å². The predicted molar refractivity (Wildman–Crippen MR) is 208 cm³/mol. The van der Waals surface area contributed by atoms with E-state index < -0.39 is 16.6 Å². The molecule has 0 radical (unpaired) electrons. The van der Waals surface area contributed by atoms with Crippen LogP contribution in [-0.2, 0) is 27.6 Å². The predicted octanol–water partition coefficient (Wildman–Crippen LogP) is 8.09. The van der Waals surface area contributed by atoms with Crippen LogP contribution in [0.4, 0.5) is 10.1 Å². The molecule has 1 spiro atoms. The van der Waals surface area contributed by atoms with Gasteiger partial charge in [0.25, 0.3) is 0 Å². The maximum Gasteiger partial charge on any atom is 0.150 e. The molecule has 10 heteroatoms. The molecular formula is C41H57ClFN3O4S. The summed E-state index contributed by atoms with van der Waals surface area (Å²) in [6.45, 7) is 10.2. The highest BCUT2D eigenvalue weighted by Crippen LogP contribution is 2.48. The Labute approximate surface area is 312 Å². The zero-order valence-corrected chi connectivity index (χ0v) is 32.8. The Bertz CT molecular complexity index is 1600. The standard InChI is InChI=1S/C35H47ClN2O4S.C6H10FN/c1-24(25(2)43(40)37-4)8-6-16-34(3,41-5)30-13-11-28(30)20-38-22-35(17-7-9-27-19-29(36)12-14-31(27)35)23-42-33-15-10-26(21-39)18-32(33)38;1-8-4-2-3-6(7)5-8/h6,10,12,14-16,18-19,21,24-25,28,30,37H,7-9,11,13,17,20,22-23H2,1-5H3;3H,2,4-5H2,1H3/b16-6+;/t24?,25?,28?,30?,34-,35-,43?;/m0./s1. The number of aryl methyl sites for hydroxylation is 1. The van der Waals surface area contributed by atoms with Crippen LogP contribution in [0.1, 0.15) is 80.8 Å². The number of halogens is 2. The van der Waals surface area contributed by atoms with Gasteiger partial charge >= 0.3 is 0 Å². The summed E-state index contributed by atoms with van der Waals surface area (Å²) in [5.41, 5.74) is 3.79. The zero-order valence-electron chi connectivity index (χ0n) is 31.3. The number of carbonyl (C=O) groups is 1. The Morgan fingerprint density at radius 3 is 2.69 bits per heavy atom. The van der Waals surface area contributed by atoms with Crippen molar-refractivity contribution in [3.05, 3.63) is 82.2 Å². The Kier molecular flexibility index (Phi) is 13.6. The summed E-state index contributed by atoms with van der Waals surface area (Å²) in [5.74, 6) is 1.93. The molecular weight excluding hydrogens is 685 g/mol. The van der Waals surface area contributed by atoms with Gasteiger partial charge in [-0.05, 0) is 132 Å². The Morgan fingerprint density at radius 2 is 2.04 bits per heavy atom. The molecule has 7 nitrogen and oxygen atoms in total. The molecule has 51 heavy (non-hydrogen) atoms. The number of rotatable bonds is 11. The number of aldehydes is 1. The summed E-state index contributed by atoms with van der Waals surface area (Å²) in [6.07, 6.45) is 14.2. The number of allylic oxidation sites excluding steroid dienone is 1. The fourth-order valence-corrected chi connectivity index (χ4v) is 9.42. The summed E-state index contributed by atoms with van der Waals surface area (Å²) in [5, 5.41) is 0.846. The van der Waals surface area contributed by atoms with Crippen LogP contribution in [0.2, 0.25) is 5.02 Å². The van der Waals surface area contributed by atoms with Crippen molar-refractivity contribution >= 4 is 34.6 Å². The van der Waals surface area contributed by atoms with Gasteiger partial charge in [-0.25, -0.2) is 13.3 Å². The molecule has 280 valence electrons. The van der Waals surface area contributed by atoms with Gasteiger partial charge in [-0.3, -0.25) is 9.69 Å². The van der Waals surface area contributed by atoms with Gasteiger partial charge in [0.2, 0.25) is 0 Å². The molecule has 0 amide bonds. The lowest BCUT2D eigenvalue weighted by molar-refractivity contribution is -0.0622. The molecule has 2 aromatic rings. The molecule has 2 aliphatic heterocycles. The SMILES string of the molecule is CN1CCC=C(F)C1.CNS(=O)C(C)C(C)C/C=C/[C@](C)(OC)C1CCC1CN1C[C@@]2(CCCc3cc(Cl)ccc32)COc2ccc(C=O)cc21. The van der Waals surface area contributed by atoms with E-state index in [1.54, 1.807) is 13.1 Å². The first-order chi connectivity index (χ1) is 24.4. The topological polar surface area (TPSA) is 71.1 Å². The maximum atomic E-state index is 12.3. The second-order valence-electron chi connectivity index (χ2n) is 15.3. The molecule has 5 unspecified atom stereocenters. The number of nitrogens with zero attached hydrogens (tertiary/aromatic N) is 2. The van der Waals surface area contributed by atoms with Crippen molar-refractivity contribution in [2.75, 3.05) is 58.9 Å². The molecule has 0 saturated heterocycles. The number of hydrogen-bond acceptors (Lipinski definition) is 6. The van der Waals surface area contributed by atoms with Crippen LogP contribution in [-0.4, -0.2) is 80.2 Å². The lowest BCUT2D eigenvalue weighted by Gasteiger charge is -2.49. The third-order valence-electron chi connectivity index (χ3n) is 11.8. The third-order valence-corrected chi connectivity index (χ3v) is 13.6. The number of hydrogen-bond donors (Lipinski definition) is 1. The fourth-order valence-electron chi connectivity index (χ4n) is 8.32. The van der Waals surface area contributed by atoms with E-state index in [1.165, 1.54) is 11.1 Å².